The van der Waals surface area contributed by atoms with Crippen LogP contribution in [-0.4, -0.2) is 54.4 Å². The molecule has 0 saturated carbocycles. The van der Waals surface area contributed by atoms with Crippen molar-refractivity contribution in [1.29, 1.82) is 0 Å². The van der Waals surface area contributed by atoms with E-state index < -0.39 is 10.0 Å². The van der Waals surface area contributed by atoms with E-state index in [1.165, 1.54) is 16.8 Å². The molecule has 1 saturated heterocycles. The molecule has 21 heavy (non-hydrogen) atoms. The number of imidazole rings is 1. The Morgan fingerprint density at radius 2 is 2.33 bits per heavy atom. The monoisotopic (exact) mass is 315 g/mol. The molecule has 0 radical (unpaired) electrons. The quantitative estimate of drug-likeness (QED) is 0.716. The molecule has 2 rings (SSSR count). The van der Waals surface area contributed by atoms with Crippen LogP contribution in [0, 0.1) is 5.92 Å². The van der Waals surface area contributed by atoms with Crippen LogP contribution in [0.15, 0.2) is 17.6 Å². The van der Waals surface area contributed by atoms with Gasteiger partial charge in [-0.15, -0.1) is 0 Å². The fraction of sp³-hybridized carbons (Fsp3) is 0.667. The second-order valence-electron chi connectivity index (χ2n) is 5.16. The molecule has 9 heteroatoms. The average molecular weight is 315 g/mol. The smallest absolute Gasteiger partial charge is 0.262 e. The molecule has 1 aromatic rings. The second-order valence-corrected chi connectivity index (χ2v) is 7.04. The van der Waals surface area contributed by atoms with Crippen LogP contribution in [0.3, 0.4) is 0 Å². The van der Waals surface area contributed by atoms with Crippen molar-refractivity contribution in [1.82, 2.24) is 19.2 Å². The van der Waals surface area contributed by atoms with Gasteiger partial charge in [-0.25, -0.2) is 13.4 Å². The summed E-state index contributed by atoms with van der Waals surface area (Å²) in [6, 6.07) is 0. The summed E-state index contributed by atoms with van der Waals surface area (Å²) in [6.07, 6.45) is 4.26. The molecule has 8 nitrogen and oxygen atoms in total. The first-order valence-corrected chi connectivity index (χ1v) is 8.35. The molecule has 0 aliphatic carbocycles. The minimum Gasteiger partial charge on any atom is -0.355 e. The molecule has 1 aliphatic heterocycles. The number of hydrogen-bond acceptors (Lipinski definition) is 5. The molecule has 1 aromatic heterocycles. The number of aromatic nitrogens is 2. The minimum atomic E-state index is -3.63. The van der Waals surface area contributed by atoms with Crippen molar-refractivity contribution >= 4 is 15.9 Å². The first-order valence-electron chi connectivity index (χ1n) is 6.91. The Hall–Kier alpha value is -1.45. The van der Waals surface area contributed by atoms with Crippen LogP contribution in [0.1, 0.15) is 12.8 Å². The number of nitrogens with zero attached hydrogens (tertiary/aromatic N) is 3. The minimum absolute atomic E-state index is 0.0213. The van der Waals surface area contributed by atoms with Gasteiger partial charge >= 0.3 is 0 Å². The predicted octanol–water partition coefficient (Wildman–Crippen LogP) is -1.10. The zero-order chi connectivity index (χ0) is 15.5. The lowest BCUT2D eigenvalue weighted by atomic mass is 9.99. The molecule has 1 aliphatic rings. The molecule has 1 atom stereocenters. The summed E-state index contributed by atoms with van der Waals surface area (Å²) in [5.41, 5.74) is 5.35. The van der Waals surface area contributed by atoms with Crippen molar-refractivity contribution in [2.24, 2.45) is 18.7 Å². The van der Waals surface area contributed by atoms with E-state index in [-0.39, 0.29) is 23.4 Å². The van der Waals surface area contributed by atoms with E-state index in [1.807, 2.05) is 0 Å². The topological polar surface area (TPSA) is 110 Å². The summed E-state index contributed by atoms with van der Waals surface area (Å²) in [5, 5.41) is 2.73. The molecule has 2 heterocycles. The Morgan fingerprint density at radius 1 is 1.57 bits per heavy atom. The fourth-order valence-corrected chi connectivity index (χ4v) is 3.86. The third kappa shape index (κ3) is 3.60. The van der Waals surface area contributed by atoms with E-state index in [0.717, 1.165) is 0 Å². The van der Waals surface area contributed by atoms with Gasteiger partial charge in [0.2, 0.25) is 5.91 Å². The summed E-state index contributed by atoms with van der Waals surface area (Å²) in [5.74, 6) is -0.467. The van der Waals surface area contributed by atoms with Gasteiger partial charge in [-0.2, -0.15) is 4.31 Å². The highest BCUT2D eigenvalue weighted by molar-refractivity contribution is 7.89. The fourth-order valence-electron chi connectivity index (χ4n) is 2.37. The van der Waals surface area contributed by atoms with Gasteiger partial charge in [0.25, 0.3) is 10.0 Å². The summed E-state index contributed by atoms with van der Waals surface area (Å²) in [6.45, 7) is 1.38. The van der Waals surface area contributed by atoms with Gasteiger partial charge in [0, 0.05) is 39.4 Å². The number of nitrogens with two attached hydrogens (primary N) is 1. The molecule has 1 amide bonds. The van der Waals surface area contributed by atoms with Gasteiger partial charge < -0.3 is 15.6 Å². The first-order chi connectivity index (χ1) is 9.95. The van der Waals surface area contributed by atoms with Crippen molar-refractivity contribution in [3.05, 3.63) is 12.5 Å². The van der Waals surface area contributed by atoms with E-state index in [4.69, 9.17) is 5.73 Å². The Kier molecular flexibility index (Phi) is 4.96. The SMILES string of the molecule is Cn1cnc(S(=O)(=O)N2CCCC(C(=O)NCCN)C2)c1. The van der Waals surface area contributed by atoms with Crippen LogP contribution in [0.4, 0.5) is 0 Å². The van der Waals surface area contributed by atoms with Crippen molar-refractivity contribution in [2.75, 3.05) is 26.2 Å². The molecule has 0 spiro atoms. The Bertz CT molecular complexity index is 598. The Morgan fingerprint density at radius 3 is 2.95 bits per heavy atom. The summed E-state index contributed by atoms with van der Waals surface area (Å²) < 4.78 is 27.9. The summed E-state index contributed by atoms with van der Waals surface area (Å²) in [7, 11) is -1.92. The summed E-state index contributed by atoms with van der Waals surface area (Å²) >= 11 is 0. The summed E-state index contributed by atoms with van der Waals surface area (Å²) in [4.78, 5) is 15.9. The van der Waals surface area contributed by atoms with Crippen LogP contribution >= 0.6 is 0 Å². The maximum Gasteiger partial charge on any atom is 0.262 e. The third-order valence-corrected chi connectivity index (χ3v) is 5.23. The molecule has 1 unspecified atom stereocenters. The molecule has 0 aromatic carbocycles. The largest absolute Gasteiger partial charge is 0.355 e. The highest BCUT2D eigenvalue weighted by Gasteiger charge is 2.34. The number of amides is 1. The standard InChI is InChI=1S/C12H21N5O3S/c1-16-8-11(15-9-16)21(19,20)17-6-2-3-10(7-17)12(18)14-5-4-13/h8-10H,2-7,13H2,1H3,(H,14,18). The van der Waals surface area contributed by atoms with Gasteiger partial charge in [0.1, 0.15) is 0 Å². The van der Waals surface area contributed by atoms with Crippen LogP contribution in [0.25, 0.3) is 0 Å². The number of sulfonamides is 1. The lowest BCUT2D eigenvalue weighted by Crippen LogP contribution is -2.46. The maximum absolute atomic E-state index is 12.5. The van der Waals surface area contributed by atoms with E-state index in [2.05, 4.69) is 10.3 Å². The number of carbonyl (C=O) groups is 1. The molecular weight excluding hydrogens is 294 g/mol. The highest BCUT2D eigenvalue weighted by Crippen LogP contribution is 2.22. The Labute approximate surface area is 124 Å². The molecule has 1 fully saturated rings. The normalized spacial score (nSPS) is 20.4. The van der Waals surface area contributed by atoms with Crippen LogP contribution in [0.5, 0.6) is 0 Å². The lowest BCUT2D eigenvalue weighted by molar-refractivity contribution is -0.126. The molecule has 118 valence electrons. The first kappa shape index (κ1) is 15.9. The Balaban J connectivity index is 2.08. The number of carbonyl (C=O) groups excluding carboxylic acids is 1. The van der Waals surface area contributed by atoms with Crippen molar-refractivity contribution in [2.45, 2.75) is 17.9 Å². The van der Waals surface area contributed by atoms with Crippen molar-refractivity contribution in [3.63, 3.8) is 0 Å². The van der Waals surface area contributed by atoms with E-state index >= 15 is 0 Å². The van der Waals surface area contributed by atoms with Crippen LogP contribution in [-0.2, 0) is 21.9 Å². The third-order valence-electron chi connectivity index (χ3n) is 3.48. The number of rotatable bonds is 5. The van der Waals surface area contributed by atoms with E-state index in [1.54, 1.807) is 11.6 Å². The predicted molar refractivity (Wildman–Crippen MR) is 76.8 cm³/mol. The highest BCUT2D eigenvalue weighted by atomic mass is 32.2. The zero-order valence-corrected chi connectivity index (χ0v) is 12.8. The van der Waals surface area contributed by atoms with Crippen molar-refractivity contribution < 1.29 is 13.2 Å². The van der Waals surface area contributed by atoms with Gasteiger partial charge in [-0.05, 0) is 12.8 Å². The maximum atomic E-state index is 12.5. The van der Waals surface area contributed by atoms with E-state index in [0.29, 0.717) is 32.5 Å². The van der Waals surface area contributed by atoms with Crippen LogP contribution in [0.2, 0.25) is 0 Å². The molecular formula is C12H21N5O3S. The number of aryl methyl sites for hydroxylation is 1. The van der Waals surface area contributed by atoms with Crippen LogP contribution < -0.4 is 11.1 Å². The van der Waals surface area contributed by atoms with Gasteiger partial charge in [-0.3, -0.25) is 4.79 Å². The lowest BCUT2D eigenvalue weighted by Gasteiger charge is -2.30. The molecule has 3 N–H and O–H groups in total. The van der Waals surface area contributed by atoms with Gasteiger partial charge in [0.05, 0.1) is 12.2 Å². The number of nitrogens with one attached hydrogen (secondary N) is 1. The number of piperidine rings is 1. The number of hydrogen-bond donors (Lipinski definition) is 2. The zero-order valence-electron chi connectivity index (χ0n) is 12.0. The van der Waals surface area contributed by atoms with E-state index in [9.17, 15) is 13.2 Å². The molecule has 0 bridgehead atoms. The van der Waals surface area contributed by atoms with Gasteiger partial charge in [-0.1, -0.05) is 0 Å². The second kappa shape index (κ2) is 6.54. The van der Waals surface area contributed by atoms with Gasteiger partial charge in [0.15, 0.2) is 5.03 Å². The van der Waals surface area contributed by atoms with Crippen molar-refractivity contribution in [3.8, 4) is 0 Å². The average Bonchev–Trinajstić information content (AvgIpc) is 2.92.